The zero-order valence-corrected chi connectivity index (χ0v) is 15.2. The lowest BCUT2D eigenvalue weighted by molar-refractivity contribution is -0.132. The summed E-state index contributed by atoms with van der Waals surface area (Å²) < 4.78 is 10.4. The first-order valence-corrected chi connectivity index (χ1v) is 8.59. The molecule has 0 aliphatic carbocycles. The second-order valence-electron chi connectivity index (χ2n) is 5.88. The van der Waals surface area contributed by atoms with Crippen molar-refractivity contribution in [3.05, 3.63) is 23.8 Å². The molecular formula is C18H27N3O4. The van der Waals surface area contributed by atoms with Crippen LogP contribution in [0.2, 0.25) is 0 Å². The molecular weight excluding hydrogens is 322 g/mol. The number of carbonyl (C=O) groups excluding carboxylic acids is 2. The molecule has 0 atom stereocenters. The summed E-state index contributed by atoms with van der Waals surface area (Å²) >= 11 is 0. The van der Waals surface area contributed by atoms with E-state index in [4.69, 9.17) is 9.47 Å². The number of rotatable bonds is 7. The van der Waals surface area contributed by atoms with Gasteiger partial charge in [0.2, 0.25) is 5.91 Å². The van der Waals surface area contributed by atoms with Gasteiger partial charge in [-0.05, 0) is 18.7 Å². The van der Waals surface area contributed by atoms with Gasteiger partial charge in [-0.1, -0.05) is 6.92 Å². The number of piperazine rings is 1. The van der Waals surface area contributed by atoms with E-state index in [0.29, 0.717) is 56.2 Å². The lowest BCUT2D eigenvalue weighted by Crippen LogP contribution is -2.50. The number of benzene rings is 1. The van der Waals surface area contributed by atoms with Crippen molar-refractivity contribution in [2.75, 3.05) is 53.5 Å². The average Bonchev–Trinajstić information content (AvgIpc) is 2.67. The molecule has 1 heterocycles. The topological polar surface area (TPSA) is 71.1 Å². The number of amides is 2. The van der Waals surface area contributed by atoms with Crippen LogP contribution in [0.5, 0.6) is 11.5 Å². The largest absolute Gasteiger partial charge is 0.497 e. The van der Waals surface area contributed by atoms with E-state index in [0.717, 1.165) is 6.54 Å². The Bertz CT molecular complexity index is 576. The molecule has 0 radical (unpaired) electrons. The minimum Gasteiger partial charge on any atom is -0.497 e. The number of hydrogen-bond acceptors (Lipinski definition) is 5. The van der Waals surface area contributed by atoms with Crippen molar-refractivity contribution >= 4 is 11.8 Å². The lowest BCUT2D eigenvalue weighted by Gasteiger charge is -2.35. The summed E-state index contributed by atoms with van der Waals surface area (Å²) in [5.74, 6) is 1.23. The van der Waals surface area contributed by atoms with Crippen molar-refractivity contribution in [3.8, 4) is 11.5 Å². The van der Waals surface area contributed by atoms with Gasteiger partial charge in [0.1, 0.15) is 11.5 Å². The van der Waals surface area contributed by atoms with Crippen molar-refractivity contribution in [1.82, 2.24) is 15.1 Å². The molecule has 0 saturated carbocycles. The van der Waals surface area contributed by atoms with Gasteiger partial charge in [0.25, 0.3) is 5.91 Å². The van der Waals surface area contributed by atoms with E-state index in [1.165, 1.54) is 0 Å². The van der Waals surface area contributed by atoms with E-state index < -0.39 is 0 Å². The molecule has 2 amide bonds. The van der Waals surface area contributed by atoms with Crippen LogP contribution in [0, 0.1) is 0 Å². The van der Waals surface area contributed by atoms with Crippen LogP contribution in [0.3, 0.4) is 0 Å². The highest BCUT2D eigenvalue weighted by atomic mass is 16.5. The highest BCUT2D eigenvalue weighted by Crippen LogP contribution is 2.23. The molecule has 25 heavy (non-hydrogen) atoms. The fourth-order valence-corrected chi connectivity index (χ4v) is 2.80. The van der Waals surface area contributed by atoms with Gasteiger partial charge in [-0.25, -0.2) is 0 Å². The second kappa shape index (κ2) is 9.27. The van der Waals surface area contributed by atoms with E-state index >= 15 is 0 Å². The second-order valence-corrected chi connectivity index (χ2v) is 5.88. The third-order valence-electron chi connectivity index (χ3n) is 4.28. The smallest absolute Gasteiger partial charge is 0.254 e. The van der Waals surface area contributed by atoms with Crippen molar-refractivity contribution in [2.45, 2.75) is 13.3 Å². The first-order chi connectivity index (χ1) is 12.1. The predicted molar refractivity (Wildman–Crippen MR) is 95.2 cm³/mol. The number of nitrogens with zero attached hydrogens (tertiary/aromatic N) is 2. The monoisotopic (exact) mass is 349 g/mol. The van der Waals surface area contributed by atoms with Crippen LogP contribution in [-0.4, -0.2) is 75.1 Å². The minimum absolute atomic E-state index is 0.0723. The van der Waals surface area contributed by atoms with Gasteiger partial charge in [0.05, 0.1) is 14.2 Å². The SMILES string of the molecule is CCNCCC(=O)N1CCN(C(=O)c2cc(OC)cc(OC)c2)CC1. The summed E-state index contributed by atoms with van der Waals surface area (Å²) in [6.07, 6.45) is 0.495. The number of nitrogens with one attached hydrogen (secondary N) is 1. The molecule has 1 fully saturated rings. The van der Waals surface area contributed by atoms with Gasteiger partial charge >= 0.3 is 0 Å². The maximum Gasteiger partial charge on any atom is 0.254 e. The van der Waals surface area contributed by atoms with Crippen LogP contribution >= 0.6 is 0 Å². The van der Waals surface area contributed by atoms with Gasteiger partial charge in [-0.2, -0.15) is 0 Å². The summed E-state index contributed by atoms with van der Waals surface area (Å²) in [6.45, 7) is 5.77. The molecule has 7 heteroatoms. The van der Waals surface area contributed by atoms with E-state index in [2.05, 4.69) is 5.32 Å². The molecule has 0 aromatic heterocycles. The Labute approximate surface area is 148 Å². The van der Waals surface area contributed by atoms with Gasteiger partial charge in [-0.15, -0.1) is 0 Å². The van der Waals surface area contributed by atoms with Crippen molar-refractivity contribution < 1.29 is 19.1 Å². The first-order valence-electron chi connectivity index (χ1n) is 8.59. The number of hydrogen-bond donors (Lipinski definition) is 1. The third kappa shape index (κ3) is 5.09. The maximum atomic E-state index is 12.7. The molecule has 0 bridgehead atoms. The maximum absolute atomic E-state index is 12.7. The molecule has 1 saturated heterocycles. The van der Waals surface area contributed by atoms with E-state index in [9.17, 15) is 9.59 Å². The minimum atomic E-state index is -0.0723. The lowest BCUT2D eigenvalue weighted by atomic mass is 10.1. The molecule has 2 rings (SSSR count). The molecule has 0 unspecified atom stereocenters. The molecule has 7 nitrogen and oxygen atoms in total. The Kier molecular flexibility index (Phi) is 7.06. The standard InChI is InChI=1S/C18H27N3O4/c1-4-19-6-5-17(22)20-7-9-21(10-8-20)18(23)14-11-15(24-2)13-16(12-14)25-3/h11-13,19H,4-10H2,1-3H3. The molecule has 1 aromatic carbocycles. The van der Waals surface area contributed by atoms with Gasteiger partial charge in [0, 0.05) is 50.8 Å². The van der Waals surface area contributed by atoms with E-state index in [1.807, 2.05) is 11.8 Å². The van der Waals surface area contributed by atoms with Crippen LogP contribution < -0.4 is 14.8 Å². The summed E-state index contributed by atoms with van der Waals surface area (Å²) in [4.78, 5) is 28.5. The van der Waals surface area contributed by atoms with Crippen LogP contribution in [0.15, 0.2) is 18.2 Å². The van der Waals surface area contributed by atoms with Gasteiger partial charge in [-0.3, -0.25) is 9.59 Å². The molecule has 1 N–H and O–H groups in total. The van der Waals surface area contributed by atoms with Crippen LogP contribution in [0.1, 0.15) is 23.7 Å². The molecule has 138 valence electrons. The summed E-state index contributed by atoms with van der Waals surface area (Å²) in [5, 5.41) is 3.15. The predicted octanol–water partition coefficient (Wildman–Crippen LogP) is 0.988. The van der Waals surface area contributed by atoms with Crippen LogP contribution in [0.25, 0.3) is 0 Å². The Morgan fingerprint density at radius 3 is 2.08 bits per heavy atom. The third-order valence-corrected chi connectivity index (χ3v) is 4.28. The van der Waals surface area contributed by atoms with Gasteiger partial charge in [0.15, 0.2) is 0 Å². The highest BCUT2D eigenvalue weighted by molar-refractivity contribution is 5.95. The Hall–Kier alpha value is -2.28. The Balaban J connectivity index is 1.94. The highest BCUT2D eigenvalue weighted by Gasteiger charge is 2.25. The first kappa shape index (κ1) is 19.1. The van der Waals surface area contributed by atoms with E-state index in [-0.39, 0.29) is 11.8 Å². The van der Waals surface area contributed by atoms with Crippen LogP contribution in [0.4, 0.5) is 0 Å². The number of carbonyl (C=O) groups is 2. The number of methoxy groups -OCH3 is 2. The Morgan fingerprint density at radius 2 is 1.56 bits per heavy atom. The fraction of sp³-hybridized carbons (Fsp3) is 0.556. The molecule has 0 spiro atoms. The quantitative estimate of drug-likeness (QED) is 0.744. The summed E-state index contributed by atoms with van der Waals surface area (Å²) in [6, 6.07) is 5.15. The van der Waals surface area contributed by atoms with Crippen molar-refractivity contribution in [2.24, 2.45) is 0 Å². The van der Waals surface area contributed by atoms with Gasteiger partial charge < -0.3 is 24.6 Å². The average molecular weight is 349 g/mol. The summed E-state index contributed by atoms with van der Waals surface area (Å²) in [7, 11) is 3.11. The molecule has 1 aromatic rings. The zero-order valence-electron chi connectivity index (χ0n) is 15.2. The normalized spacial score (nSPS) is 14.4. The van der Waals surface area contributed by atoms with Crippen molar-refractivity contribution in [3.63, 3.8) is 0 Å². The van der Waals surface area contributed by atoms with Crippen LogP contribution in [-0.2, 0) is 4.79 Å². The summed E-state index contributed by atoms with van der Waals surface area (Å²) in [5.41, 5.74) is 0.531. The van der Waals surface area contributed by atoms with Crippen molar-refractivity contribution in [1.29, 1.82) is 0 Å². The Morgan fingerprint density at radius 1 is 1.00 bits per heavy atom. The molecule has 1 aliphatic heterocycles. The number of ether oxygens (including phenoxy) is 2. The van der Waals surface area contributed by atoms with E-state index in [1.54, 1.807) is 37.3 Å². The molecule has 1 aliphatic rings. The fourth-order valence-electron chi connectivity index (χ4n) is 2.80. The zero-order chi connectivity index (χ0) is 18.2.